The number of thiophene rings is 2. The van der Waals surface area contributed by atoms with Gasteiger partial charge in [-0.1, -0.05) is 104 Å². The maximum Gasteiger partial charge on any atom is 0.0999 e. The first-order chi connectivity index (χ1) is 22.8. The molecule has 4 heteroatoms. The van der Waals surface area contributed by atoms with E-state index in [4.69, 9.17) is 0 Å². The van der Waals surface area contributed by atoms with E-state index >= 15 is 0 Å². The number of allylic oxidation sites excluding steroid dienone is 10. The van der Waals surface area contributed by atoms with Crippen LogP contribution in [0.4, 0.5) is 21.4 Å². The highest BCUT2D eigenvalue weighted by Crippen LogP contribution is 2.52. The van der Waals surface area contributed by atoms with Crippen molar-refractivity contribution in [1.82, 2.24) is 0 Å². The van der Waals surface area contributed by atoms with Gasteiger partial charge >= 0.3 is 0 Å². The summed E-state index contributed by atoms with van der Waals surface area (Å²) < 4.78 is 0. The van der Waals surface area contributed by atoms with Crippen molar-refractivity contribution in [3.63, 3.8) is 0 Å². The summed E-state index contributed by atoms with van der Waals surface area (Å²) in [5, 5.41) is 6.75. The first-order valence-corrected chi connectivity index (χ1v) is 18.7. The molecule has 2 aromatic heterocycles. The minimum atomic E-state index is -0.174. The lowest BCUT2D eigenvalue weighted by atomic mass is 9.68. The number of fused-ring (bicyclic) bond motifs is 3. The second-order valence-electron chi connectivity index (χ2n) is 15.6. The Balaban J connectivity index is 1.29. The average molecular weight is 667 g/mol. The topological polar surface area (TPSA) is 6.48 Å². The van der Waals surface area contributed by atoms with Crippen LogP contribution in [0, 0.1) is 16.2 Å². The van der Waals surface area contributed by atoms with E-state index in [1.54, 1.807) is 22.7 Å². The summed E-state index contributed by atoms with van der Waals surface area (Å²) in [6, 6.07) is 22.9. The highest BCUT2D eigenvalue weighted by molar-refractivity contribution is 7.14. The van der Waals surface area contributed by atoms with Crippen LogP contribution in [0.1, 0.15) is 66.5 Å². The third-order valence-electron chi connectivity index (χ3n) is 10.5. The Hall–Kier alpha value is -4.12. The zero-order chi connectivity index (χ0) is 33.9. The van der Waals surface area contributed by atoms with Gasteiger partial charge in [0.1, 0.15) is 0 Å². The van der Waals surface area contributed by atoms with Crippen LogP contribution >= 0.6 is 22.7 Å². The predicted molar refractivity (Wildman–Crippen MR) is 211 cm³/mol. The Labute approximate surface area is 295 Å². The monoisotopic (exact) mass is 666 g/mol. The number of hydrogen-bond donors (Lipinski definition) is 0. The molecular weight excluding hydrogens is 621 g/mol. The molecule has 7 rings (SSSR count). The molecule has 1 atom stereocenters. The zero-order valence-electron chi connectivity index (χ0n) is 29.4. The van der Waals surface area contributed by atoms with Gasteiger partial charge in [0.25, 0.3) is 0 Å². The van der Waals surface area contributed by atoms with Crippen molar-refractivity contribution in [3.05, 3.63) is 155 Å². The van der Waals surface area contributed by atoms with E-state index in [1.165, 1.54) is 55.0 Å². The van der Waals surface area contributed by atoms with Crippen LogP contribution in [0.25, 0.3) is 11.1 Å². The molecule has 0 saturated carbocycles. The quantitative estimate of drug-likeness (QED) is 0.202. The second kappa shape index (κ2) is 11.8. The predicted octanol–water partition coefficient (Wildman–Crippen LogP) is 13.5. The Morgan fingerprint density at radius 3 is 1.56 bits per heavy atom. The van der Waals surface area contributed by atoms with Crippen LogP contribution < -0.4 is 9.80 Å². The minimum Gasteiger partial charge on any atom is -0.302 e. The highest BCUT2D eigenvalue weighted by Gasteiger charge is 2.37. The first kappa shape index (κ1) is 32.4. The molecule has 0 N–H and O–H groups in total. The summed E-state index contributed by atoms with van der Waals surface area (Å²) in [5.41, 5.74) is 9.98. The van der Waals surface area contributed by atoms with Gasteiger partial charge in [-0.05, 0) is 111 Å². The molecular formula is C44H46N2S2. The van der Waals surface area contributed by atoms with Crippen LogP contribution in [0.3, 0.4) is 0 Å². The summed E-state index contributed by atoms with van der Waals surface area (Å²) in [6.07, 6.45) is 22.8. The molecule has 2 heterocycles. The lowest BCUT2D eigenvalue weighted by molar-refractivity contribution is 0.228. The van der Waals surface area contributed by atoms with Crippen molar-refractivity contribution >= 4 is 44.1 Å². The average Bonchev–Trinajstić information content (AvgIpc) is 3.74. The smallest absolute Gasteiger partial charge is 0.0999 e. The molecule has 3 aliphatic carbocycles. The number of nitrogens with zero attached hydrogens (tertiary/aromatic N) is 2. The summed E-state index contributed by atoms with van der Waals surface area (Å²) in [5.74, 6) is 0. The molecule has 0 radical (unpaired) electrons. The van der Waals surface area contributed by atoms with Crippen LogP contribution in [0.15, 0.2) is 144 Å². The Kier molecular flexibility index (Phi) is 7.96. The van der Waals surface area contributed by atoms with E-state index in [0.29, 0.717) is 0 Å². The molecule has 2 aromatic carbocycles. The Morgan fingerprint density at radius 1 is 0.583 bits per heavy atom. The molecule has 0 bridgehead atoms. The summed E-state index contributed by atoms with van der Waals surface area (Å²) in [7, 11) is 0. The third kappa shape index (κ3) is 5.69. The van der Waals surface area contributed by atoms with Crippen molar-refractivity contribution in [2.24, 2.45) is 16.2 Å². The third-order valence-corrected chi connectivity index (χ3v) is 12.2. The van der Waals surface area contributed by atoms with Gasteiger partial charge in [-0.15, -0.1) is 22.7 Å². The molecule has 2 nitrogen and oxygen atoms in total. The molecule has 4 aromatic rings. The van der Waals surface area contributed by atoms with E-state index in [-0.39, 0.29) is 21.7 Å². The highest BCUT2D eigenvalue weighted by atomic mass is 32.1. The number of rotatable bonds is 6. The van der Waals surface area contributed by atoms with Gasteiger partial charge in [-0.2, -0.15) is 0 Å². The fourth-order valence-electron chi connectivity index (χ4n) is 6.91. The van der Waals surface area contributed by atoms with Crippen molar-refractivity contribution in [2.45, 2.75) is 60.8 Å². The van der Waals surface area contributed by atoms with E-state index < -0.39 is 0 Å². The first-order valence-electron chi connectivity index (χ1n) is 16.9. The van der Waals surface area contributed by atoms with Gasteiger partial charge in [-0.3, -0.25) is 0 Å². The van der Waals surface area contributed by atoms with Crippen molar-refractivity contribution < 1.29 is 0 Å². The SMILES string of the molecule is CC1(C)C=CC=C(N(c2ccc3c(c2)C(C)(C)c2cc(N(C4=CC=CC(C)(C(C)(C)C)C=C4)c4cccs4)ccc2-3)c2cccs2)C=C1. The fourth-order valence-corrected chi connectivity index (χ4v) is 8.45. The van der Waals surface area contributed by atoms with Crippen molar-refractivity contribution in [2.75, 3.05) is 9.80 Å². The van der Waals surface area contributed by atoms with Gasteiger partial charge in [0.15, 0.2) is 0 Å². The normalized spacial score (nSPS) is 20.4. The fraction of sp³-hybridized carbons (Fsp3) is 0.273. The van der Waals surface area contributed by atoms with Gasteiger partial charge in [0.2, 0.25) is 0 Å². The van der Waals surface area contributed by atoms with Crippen molar-refractivity contribution in [1.29, 1.82) is 0 Å². The molecule has 0 aliphatic heterocycles. The lowest BCUT2D eigenvalue weighted by Crippen LogP contribution is -2.28. The largest absolute Gasteiger partial charge is 0.302 e. The summed E-state index contributed by atoms with van der Waals surface area (Å²) in [6.45, 7) is 18.5. The van der Waals surface area contributed by atoms with Gasteiger partial charge in [0.05, 0.1) is 10.0 Å². The summed E-state index contributed by atoms with van der Waals surface area (Å²) >= 11 is 3.55. The molecule has 0 saturated heterocycles. The minimum absolute atomic E-state index is 0.0147. The Morgan fingerprint density at radius 2 is 1.08 bits per heavy atom. The number of hydrogen-bond acceptors (Lipinski definition) is 4. The zero-order valence-corrected chi connectivity index (χ0v) is 31.0. The van der Waals surface area contributed by atoms with Crippen LogP contribution in [0.5, 0.6) is 0 Å². The molecule has 0 fully saturated rings. The van der Waals surface area contributed by atoms with E-state index in [1.807, 2.05) is 0 Å². The van der Waals surface area contributed by atoms with Gasteiger partial charge in [-0.25, -0.2) is 0 Å². The van der Waals surface area contributed by atoms with E-state index in [9.17, 15) is 0 Å². The second-order valence-corrected chi connectivity index (χ2v) is 17.4. The number of benzene rings is 2. The van der Waals surface area contributed by atoms with E-state index in [0.717, 1.165) is 0 Å². The molecule has 1 unspecified atom stereocenters. The van der Waals surface area contributed by atoms with Gasteiger partial charge < -0.3 is 9.80 Å². The molecule has 3 aliphatic rings. The van der Waals surface area contributed by atoms with Crippen LogP contribution in [-0.2, 0) is 5.41 Å². The molecule has 0 spiro atoms. The maximum atomic E-state index is 2.43. The summed E-state index contributed by atoms with van der Waals surface area (Å²) in [4.78, 5) is 4.82. The molecule has 244 valence electrons. The number of anilines is 4. The van der Waals surface area contributed by atoms with Crippen molar-refractivity contribution in [3.8, 4) is 11.1 Å². The van der Waals surface area contributed by atoms with Crippen LogP contribution in [0.2, 0.25) is 0 Å². The van der Waals surface area contributed by atoms with Gasteiger partial charge in [0, 0.05) is 39.0 Å². The standard InChI is InChI=1S/C44H46N2S2/c1-41(2,3)44(8)24-10-14-32(22-26-44)46(40-16-12-28-48-40)34-18-20-36-35-19-17-33(29-37(35)43(6,7)38(36)30-34)45(39-15-11-27-47-39)31-13-9-23-42(4,5)25-21-31/h9-30H,1-8H3. The molecule has 48 heavy (non-hydrogen) atoms. The molecule has 0 amide bonds. The Bertz CT molecular complexity index is 2020. The van der Waals surface area contributed by atoms with Crippen LogP contribution in [-0.4, -0.2) is 0 Å². The van der Waals surface area contributed by atoms with E-state index in [2.05, 4.69) is 197 Å². The maximum absolute atomic E-state index is 2.43. The lowest BCUT2D eigenvalue weighted by Gasteiger charge is -2.37.